The lowest BCUT2D eigenvalue weighted by molar-refractivity contribution is 0.161. The minimum absolute atomic E-state index is 0.0845. The minimum atomic E-state index is -0.0845. The molecule has 1 fully saturated rings. The molecule has 0 N–H and O–H groups in total. The maximum Gasteiger partial charge on any atom is 0.163 e. The summed E-state index contributed by atoms with van der Waals surface area (Å²) in [5.74, 6) is 2.46. The summed E-state index contributed by atoms with van der Waals surface area (Å²) in [7, 11) is 3.70. The maximum atomic E-state index is 5.30. The van der Waals surface area contributed by atoms with Gasteiger partial charge in [-0.3, -0.25) is 4.68 Å². The zero-order valence-corrected chi connectivity index (χ0v) is 14.1. The van der Waals surface area contributed by atoms with Crippen molar-refractivity contribution in [1.82, 2.24) is 19.7 Å². The number of aryl methyl sites for hydroxylation is 1. The van der Waals surface area contributed by atoms with E-state index in [2.05, 4.69) is 30.8 Å². The van der Waals surface area contributed by atoms with Gasteiger partial charge in [-0.25, -0.2) is 9.97 Å². The Kier molecular flexibility index (Phi) is 3.80. The van der Waals surface area contributed by atoms with Crippen molar-refractivity contribution in [3.8, 4) is 0 Å². The summed E-state index contributed by atoms with van der Waals surface area (Å²) < 4.78 is 7.14. The van der Waals surface area contributed by atoms with Crippen molar-refractivity contribution in [1.29, 1.82) is 0 Å². The zero-order chi connectivity index (χ0) is 15.9. The molecule has 2 aromatic heterocycles. The monoisotopic (exact) mass is 303 g/mol. The van der Waals surface area contributed by atoms with Crippen LogP contribution < -0.4 is 4.90 Å². The van der Waals surface area contributed by atoms with Gasteiger partial charge in [-0.05, 0) is 6.42 Å². The fourth-order valence-electron chi connectivity index (χ4n) is 2.98. The van der Waals surface area contributed by atoms with Crippen LogP contribution in [0.25, 0.3) is 11.0 Å². The van der Waals surface area contributed by atoms with Crippen LogP contribution in [0.15, 0.2) is 6.20 Å². The Morgan fingerprint density at radius 1 is 1.32 bits per heavy atom. The first-order valence-corrected chi connectivity index (χ1v) is 7.84. The summed E-state index contributed by atoms with van der Waals surface area (Å²) in [6.07, 6.45) is 3.02. The number of hydrogen-bond acceptors (Lipinski definition) is 5. The van der Waals surface area contributed by atoms with Gasteiger partial charge in [-0.1, -0.05) is 20.8 Å². The Labute approximate surface area is 131 Å². The topological polar surface area (TPSA) is 56.1 Å². The number of fused-ring (bicyclic) bond motifs is 1. The summed E-state index contributed by atoms with van der Waals surface area (Å²) >= 11 is 0. The van der Waals surface area contributed by atoms with Crippen LogP contribution >= 0.6 is 0 Å². The van der Waals surface area contributed by atoms with Gasteiger partial charge in [-0.15, -0.1) is 0 Å². The number of aromatic nitrogens is 4. The summed E-state index contributed by atoms with van der Waals surface area (Å²) in [5.41, 5.74) is 0.823. The quantitative estimate of drug-likeness (QED) is 0.869. The van der Waals surface area contributed by atoms with Crippen LogP contribution in [0.2, 0.25) is 0 Å². The van der Waals surface area contributed by atoms with Gasteiger partial charge in [0, 0.05) is 38.6 Å². The molecule has 1 aliphatic rings. The highest BCUT2D eigenvalue weighted by Gasteiger charge is 2.28. The van der Waals surface area contributed by atoms with Gasteiger partial charge in [0.1, 0.15) is 11.6 Å². The molecule has 1 aliphatic heterocycles. The normalized spacial score (nSPS) is 19.3. The second-order valence-corrected chi connectivity index (χ2v) is 7.18. The van der Waals surface area contributed by atoms with Gasteiger partial charge in [0.15, 0.2) is 5.65 Å². The lowest BCUT2D eigenvalue weighted by atomic mass is 9.95. The smallest absolute Gasteiger partial charge is 0.163 e. The van der Waals surface area contributed by atoms with E-state index in [1.807, 2.05) is 17.9 Å². The highest BCUT2D eigenvalue weighted by atomic mass is 16.5. The van der Waals surface area contributed by atoms with Gasteiger partial charge in [0.2, 0.25) is 0 Å². The molecule has 0 aromatic carbocycles. The number of rotatable bonds is 3. The number of methoxy groups -OCH3 is 1. The second-order valence-electron chi connectivity index (χ2n) is 7.18. The summed E-state index contributed by atoms with van der Waals surface area (Å²) in [6.45, 7) is 9.24. The lowest BCUT2D eigenvalue weighted by Gasteiger charge is -2.22. The molecule has 6 nitrogen and oxygen atoms in total. The molecule has 3 heterocycles. The molecule has 1 saturated heterocycles. The average molecular weight is 303 g/mol. The molecule has 2 aromatic rings. The number of ether oxygens (including phenoxy) is 1. The molecule has 0 saturated carbocycles. The van der Waals surface area contributed by atoms with Gasteiger partial charge in [0.05, 0.1) is 18.2 Å². The Morgan fingerprint density at radius 3 is 2.77 bits per heavy atom. The SMILES string of the molecule is COC[C@H]1CCN(c2nc(C(C)(C)C)nc3c2cnn3C)C1. The molecule has 0 spiro atoms. The number of anilines is 1. The van der Waals surface area contributed by atoms with Crippen molar-refractivity contribution in [3.63, 3.8) is 0 Å². The summed E-state index contributed by atoms with van der Waals surface area (Å²) in [6, 6.07) is 0. The van der Waals surface area contributed by atoms with Crippen molar-refractivity contribution < 1.29 is 4.74 Å². The fraction of sp³-hybridized carbons (Fsp3) is 0.688. The standard InChI is InChI=1S/C16H25N5O/c1-16(2,3)15-18-13-12(8-17-20(13)4)14(19-15)21-7-6-11(9-21)10-22-5/h8,11H,6-7,9-10H2,1-5H3/t11-/m0/s1. The summed E-state index contributed by atoms with van der Waals surface area (Å²) in [4.78, 5) is 12.0. The second kappa shape index (κ2) is 5.50. The lowest BCUT2D eigenvalue weighted by Crippen LogP contribution is -2.25. The summed E-state index contributed by atoms with van der Waals surface area (Å²) in [5, 5.41) is 5.40. The highest BCUT2D eigenvalue weighted by molar-refractivity contribution is 5.87. The molecule has 3 rings (SSSR count). The van der Waals surface area contributed by atoms with E-state index >= 15 is 0 Å². The third kappa shape index (κ3) is 2.67. The van der Waals surface area contributed by atoms with E-state index in [0.717, 1.165) is 48.8 Å². The molecule has 22 heavy (non-hydrogen) atoms. The van der Waals surface area contributed by atoms with Crippen molar-refractivity contribution >= 4 is 16.9 Å². The third-order valence-corrected chi connectivity index (χ3v) is 4.23. The largest absolute Gasteiger partial charge is 0.384 e. The molecule has 0 radical (unpaired) electrons. The molecular weight excluding hydrogens is 278 g/mol. The first-order chi connectivity index (χ1) is 10.4. The number of nitrogens with zero attached hydrogens (tertiary/aromatic N) is 5. The van der Waals surface area contributed by atoms with E-state index in [4.69, 9.17) is 14.7 Å². The Morgan fingerprint density at radius 2 is 2.09 bits per heavy atom. The Balaban J connectivity index is 2.05. The molecule has 0 bridgehead atoms. The molecule has 0 unspecified atom stereocenters. The van der Waals surface area contributed by atoms with Crippen LogP contribution in [-0.2, 0) is 17.2 Å². The zero-order valence-electron chi connectivity index (χ0n) is 14.1. The van der Waals surface area contributed by atoms with E-state index in [1.54, 1.807) is 7.11 Å². The maximum absolute atomic E-state index is 5.30. The molecule has 120 valence electrons. The van der Waals surface area contributed by atoms with Gasteiger partial charge in [0.25, 0.3) is 0 Å². The predicted octanol–water partition coefficient (Wildman–Crippen LogP) is 2.13. The molecular formula is C16H25N5O. The molecule has 0 amide bonds. The third-order valence-electron chi connectivity index (χ3n) is 4.23. The van der Waals surface area contributed by atoms with E-state index < -0.39 is 0 Å². The van der Waals surface area contributed by atoms with Crippen LogP contribution in [-0.4, -0.2) is 46.6 Å². The fourth-order valence-corrected chi connectivity index (χ4v) is 2.98. The van der Waals surface area contributed by atoms with E-state index in [1.165, 1.54) is 0 Å². The molecule has 1 atom stereocenters. The highest BCUT2D eigenvalue weighted by Crippen LogP contribution is 2.31. The Bertz CT molecular complexity index is 673. The minimum Gasteiger partial charge on any atom is -0.384 e. The van der Waals surface area contributed by atoms with Crippen molar-refractivity contribution in [2.24, 2.45) is 13.0 Å². The van der Waals surface area contributed by atoms with Gasteiger partial charge >= 0.3 is 0 Å². The van der Waals surface area contributed by atoms with Gasteiger partial charge < -0.3 is 9.64 Å². The first kappa shape index (κ1) is 15.2. The van der Waals surface area contributed by atoms with Crippen molar-refractivity contribution in [2.45, 2.75) is 32.6 Å². The van der Waals surface area contributed by atoms with Crippen LogP contribution in [0.3, 0.4) is 0 Å². The molecule has 0 aliphatic carbocycles. The average Bonchev–Trinajstić information content (AvgIpc) is 3.05. The van der Waals surface area contributed by atoms with Crippen molar-refractivity contribution in [3.05, 3.63) is 12.0 Å². The van der Waals surface area contributed by atoms with Gasteiger partial charge in [-0.2, -0.15) is 5.10 Å². The number of hydrogen-bond donors (Lipinski definition) is 0. The van der Waals surface area contributed by atoms with Crippen LogP contribution in [0.1, 0.15) is 33.0 Å². The van der Waals surface area contributed by atoms with Crippen LogP contribution in [0, 0.1) is 5.92 Å². The van der Waals surface area contributed by atoms with Crippen LogP contribution in [0.5, 0.6) is 0 Å². The predicted molar refractivity (Wildman–Crippen MR) is 87.2 cm³/mol. The van der Waals surface area contributed by atoms with Crippen LogP contribution in [0.4, 0.5) is 5.82 Å². The van der Waals surface area contributed by atoms with E-state index in [0.29, 0.717) is 5.92 Å². The van der Waals surface area contributed by atoms with Crippen molar-refractivity contribution in [2.75, 3.05) is 31.7 Å². The van der Waals surface area contributed by atoms with E-state index in [-0.39, 0.29) is 5.41 Å². The van der Waals surface area contributed by atoms with E-state index in [9.17, 15) is 0 Å². The Hall–Kier alpha value is -1.69. The molecule has 6 heteroatoms. The first-order valence-electron chi connectivity index (χ1n) is 7.84.